The number of benzene rings is 1. The fourth-order valence-corrected chi connectivity index (χ4v) is 5.40. The van der Waals surface area contributed by atoms with Crippen molar-refractivity contribution in [2.24, 2.45) is 5.92 Å². The molecule has 1 aromatic carbocycles. The molecule has 1 atom stereocenters. The van der Waals surface area contributed by atoms with E-state index in [2.05, 4.69) is 64.5 Å². The van der Waals surface area contributed by atoms with Gasteiger partial charge in [-0.05, 0) is 55.7 Å². The van der Waals surface area contributed by atoms with Gasteiger partial charge in [0.15, 0.2) is 11.5 Å². The summed E-state index contributed by atoms with van der Waals surface area (Å²) >= 11 is 1.76. The highest BCUT2D eigenvalue weighted by Gasteiger charge is 2.17. The van der Waals surface area contributed by atoms with Crippen LogP contribution in [0.25, 0.3) is 55.3 Å². The Labute approximate surface area is 217 Å². The number of nitrogens with zero attached hydrogens (tertiary/aromatic N) is 4. The number of thiophene rings is 1. The van der Waals surface area contributed by atoms with Gasteiger partial charge in [0.2, 0.25) is 0 Å². The molecule has 0 aliphatic rings. The molecular weight excluding hydrogens is 482 g/mol. The highest BCUT2D eigenvalue weighted by atomic mass is 32.1. The van der Waals surface area contributed by atoms with Gasteiger partial charge in [-0.15, -0.1) is 11.3 Å². The number of aliphatic hydroxyl groups excluding tert-OH is 1. The topological polar surface area (TPSA) is 115 Å². The molecule has 4 N–H and O–H groups in total. The van der Waals surface area contributed by atoms with Crippen LogP contribution in [0.3, 0.4) is 0 Å². The van der Waals surface area contributed by atoms with Gasteiger partial charge in [-0.2, -0.15) is 5.10 Å². The summed E-state index contributed by atoms with van der Waals surface area (Å²) in [5.41, 5.74) is 7.52. The Balaban J connectivity index is 1.37. The van der Waals surface area contributed by atoms with E-state index in [-0.39, 0.29) is 0 Å². The van der Waals surface area contributed by atoms with E-state index in [1.807, 2.05) is 30.3 Å². The minimum atomic E-state index is -0.635. The summed E-state index contributed by atoms with van der Waals surface area (Å²) in [6.45, 7) is 6.26. The van der Waals surface area contributed by atoms with Crippen LogP contribution in [-0.2, 0) is 0 Å². The minimum absolute atomic E-state index is 0.381. The van der Waals surface area contributed by atoms with Crippen LogP contribution in [0, 0.1) is 12.8 Å². The van der Waals surface area contributed by atoms with Gasteiger partial charge in [0.1, 0.15) is 11.7 Å². The molecule has 5 heterocycles. The predicted octanol–water partition coefficient (Wildman–Crippen LogP) is 6.38. The van der Waals surface area contributed by atoms with Crippen molar-refractivity contribution >= 4 is 39.1 Å². The number of aromatic amines is 2. The van der Waals surface area contributed by atoms with E-state index in [0.29, 0.717) is 23.9 Å². The van der Waals surface area contributed by atoms with Crippen LogP contribution >= 0.6 is 11.3 Å². The Hall–Kier alpha value is -4.08. The number of imidazole rings is 1. The Bertz CT molecular complexity index is 1710. The molecule has 9 heteroatoms. The van der Waals surface area contributed by atoms with Gasteiger partial charge in [-0.1, -0.05) is 26.0 Å². The molecule has 0 fully saturated rings. The van der Waals surface area contributed by atoms with Crippen LogP contribution in [0.5, 0.6) is 0 Å². The molecule has 1 unspecified atom stereocenters. The van der Waals surface area contributed by atoms with Crippen LogP contribution in [-0.4, -0.2) is 41.5 Å². The largest absolute Gasteiger partial charge is 0.374 e. The summed E-state index contributed by atoms with van der Waals surface area (Å²) in [5, 5.41) is 21.0. The number of para-hydroxylation sites is 1. The van der Waals surface area contributed by atoms with Crippen molar-refractivity contribution < 1.29 is 5.11 Å². The number of H-pyrrole nitrogens is 2. The van der Waals surface area contributed by atoms with E-state index in [1.165, 1.54) is 9.75 Å². The third-order valence-corrected chi connectivity index (χ3v) is 7.25. The number of aryl methyl sites for hydroxylation is 1. The van der Waals surface area contributed by atoms with E-state index >= 15 is 0 Å². The molecule has 0 amide bonds. The predicted molar refractivity (Wildman–Crippen MR) is 149 cm³/mol. The molecular formula is C28H27N7OS. The fraction of sp³-hybridized carbons (Fsp3) is 0.214. The average molecular weight is 510 g/mol. The van der Waals surface area contributed by atoms with Crippen LogP contribution in [0.1, 0.15) is 25.1 Å². The monoisotopic (exact) mass is 509 g/mol. The van der Waals surface area contributed by atoms with E-state index in [9.17, 15) is 5.11 Å². The lowest BCUT2D eigenvalue weighted by atomic mass is 10.1. The minimum Gasteiger partial charge on any atom is -0.374 e. The van der Waals surface area contributed by atoms with Crippen molar-refractivity contribution in [2.45, 2.75) is 33.4 Å². The van der Waals surface area contributed by atoms with Crippen molar-refractivity contribution in [1.82, 2.24) is 30.1 Å². The number of rotatable bonds is 7. The zero-order valence-corrected chi connectivity index (χ0v) is 21.6. The molecule has 0 saturated heterocycles. The third-order valence-electron chi connectivity index (χ3n) is 6.21. The summed E-state index contributed by atoms with van der Waals surface area (Å²) < 4.78 is 0. The van der Waals surface area contributed by atoms with Gasteiger partial charge in [0, 0.05) is 27.1 Å². The van der Waals surface area contributed by atoms with Gasteiger partial charge < -0.3 is 15.4 Å². The van der Waals surface area contributed by atoms with Crippen molar-refractivity contribution in [3.8, 4) is 33.2 Å². The molecule has 6 aromatic rings. The molecule has 0 spiro atoms. The molecule has 37 heavy (non-hydrogen) atoms. The number of pyridine rings is 2. The molecule has 0 aliphatic heterocycles. The summed E-state index contributed by atoms with van der Waals surface area (Å²) in [5.74, 6) is 1.04. The standard InChI is InChI=1S/C28H27N7OS/c1-15(2)11-24(36)30-18-12-17(13-29-14-18)20-8-9-22-26(31-20)27(35-34-22)28-32-21-6-4-5-19(25(21)33-28)23-10-7-16(3)37-23/h4-10,12-15,24,30,36H,11H2,1-3H3,(H,32,33)(H,34,35). The number of hydrogen-bond acceptors (Lipinski definition) is 7. The van der Waals surface area contributed by atoms with Crippen LogP contribution in [0.2, 0.25) is 0 Å². The van der Waals surface area contributed by atoms with Crippen LogP contribution < -0.4 is 5.32 Å². The second-order valence-corrected chi connectivity index (χ2v) is 10.9. The first-order valence-corrected chi connectivity index (χ1v) is 13.1. The number of hydrogen-bond donors (Lipinski definition) is 4. The van der Waals surface area contributed by atoms with E-state index in [0.717, 1.165) is 44.6 Å². The first-order valence-electron chi connectivity index (χ1n) is 12.3. The van der Waals surface area contributed by atoms with Gasteiger partial charge in [-0.25, -0.2) is 9.97 Å². The number of nitrogens with one attached hydrogen (secondary N) is 3. The first kappa shape index (κ1) is 23.3. The Kier molecular flexibility index (Phi) is 5.94. The highest BCUT2D eigenvalue weighted by molar-refractivity contribution is 7.15. The van der Waals surface area contributed by atoms with Gasteiger partial charge in [0.25, 0.3) is 0 Å². The second kappa shape index (κ2) is 9.42. The molecule has 0 radical (unpaired) electrons. The maximum Gasteiger partial charge on any atom is 0.161 e. The summed E-state index contributed by atoms with van der Waals surface area (Å²) in [6, 6.07) is 16.3. The third kappa shape index (κ3) is 4.59. The molecule has 0 bridgehead atoms. The fourth-order valence-electron chi connectivity index (χ4n) is 4.50. The second-order valence-electron chi connectivity index (χ2n) is 9.61. The van der Waals surface area contributed by atoms with Gasteiger partial charge in [-0.3, -0.25) is 10.1 Å². The van der Waals surface area contributed by atoms with E-state index in [4.69, 9.17) is 9.97 Å². The molecule has 6 rings (SSSR count). The molecule has 0 aliphatic carbocycles. The van der Waals surface area contributed by atoms with Crippen molar-refractivity contribution in [3.63, 3.8) is 0 Å². The van der Waals surface area contributed by atoms with Gasteiger partial charge >= 0.3 is 0 Å². The van der Waals surface area contributed by atoms with Crippen molar-refractivity contribution in [3.05, 3.63) is 65.8 Å². The average Bonchev–Trinajstić information content (AvgIpc) is 3.60. The summed E-state index contributed by atoms with van der Waals surface area (Å²) in [7, 11) is 0. The van der Waals surface area contributed by atoms with Gasteiger partial charge in [0.05, 0.1) is 34.1 Å². The summed E-state index contributed by atoms with van der Waals surface area (Å²) in [4.78, 5) is 20.1. The molecule has 8 nitrogen and oxygen atoms in total. The van der Waals surface area contributed by atoms with E-state index < -0.39 is 6.23 Å². The Morgan fingerprint density at radius 1 is 1.00 bits per heavy atom. The molecule has 0 saturated carbocycles. The number of aromatic nitrogens is 6. The van der Waals surface area contributed by atoms with E-state index in [1.54, 1.807) is 23.7 Å². The molecule has 186 valence electrons. The number of fused-ring (bicyclic) bond motifs is 2. The maximum atomic E-state index is 10.3. The Morgan fingerprint density at radius 3 is 2.70 bits per heavy atom. The van der Waals surface area contributed by atoms with Crippen molar-refractivity contribution in [1.29, 1.82) is 0 Å². The maximum absolute atomic E-state index is 10.3. The van der Waals surface area contributed by atoms with Crippen LogP contribution in [0.15, 0.2) is 60.9 Å². The number of aliphatic hydroxyl groups is 1. The van der Waals surface area contributed by atoms with Crippen molar-refractivity contribution in [2.75, 3.05) is 5.32 Å². The Morgan fingerprint density at radius 2 is 1.89 bits per heavy atom. The zero-order chi connectivity index (χ0) is 25.5. The quantitative estimate of drug-likeness (QED) is 0.186. The lowest BCUT2D eigenvalue weighted by Gasteiger charge is -2.16. The highest BCUT2D eigenvalue weighted by Crippen LogP contribution is 2.35. The molecule has 5 aromatic heterocycles. The SMILES string of the molecule is Cc1ccc(-c2cccc3[nH]c(-c4n[nH]c5ccc(-c6cncc(NC(O)CC(C)C)c6)nc45)nc23)s1. The summed E-state index contributed by atoms with van der Waals surface area (Å²) in [6.07, 6.45) is 3.49. The van der Waals surface area contributed by atoms with Crippen LogP contribution in [0.4, 0.5) is 5.69 Å². The normalized spacial score (nSPS) is 12.6. The number of anilines is 1. The lowest BCUT2D eigenvalue weighted by Crippen LogP contribution is -2.20. The lowest BCUT2D eigenvalue weighted by molar-refractivity contribution is 0.176. The smallest absolute Gasteiger partial charge is 0.161 e. The zero-order valence-electron chi connectivity index (χ0n) is 20.8. The first-order chi connectivity index (χ1) is 17.9.